The van der Waals surface area contributed by atoms with Crippen molar-refractivity contribution in [3.63, 3.8) is 0 Å². The van der Waals surface area contributed by atoms with Crippen LogP contribution in [-0.2, 0) is 6.42 Å². The van der Waals surface area contributed by atoms with Crippen LogP contribution in [-0.4, -0.2) is 29.1 Å². The molecule has 2 N–H and O–H groups in total. The molecular weight excluding hydrogens is 260 g/mol. The standard InChI is InChI=1S/C18H28N2O/c1-17(2)9-6-10-20(17)15(12-19)14-8-5-7-13-11-18(3,4)21-16(13)14/h5,7-8,15H,6,9-12,19H2,1-4H3. The van der Waals surface area contributed by atoms with E-state index >= 15 is 0 Å². The lowest BCUT2D eigenvalue weighted by Gasteiger charge is -2.38. The van der Waals surface area contributed by atoms with E-state index in [1.807, 2.05) is 0 Å². The fourth-order valence-corrected chi connectivity index (χ4v) is 4.03. The number of hydrogen-bond donors (Lipinski definition) is 1. The Bertz CT molecular complexity index is 536. The summed E-state index contributed by atoms with van der Waals surface area (Å²) in [6.45, 7) is 10.8. The molecule has 1 atom stereocenters. The first kappa shape index (κ1) is 14.9. The fraction of sp³-hybridized carbons (Fsp3) is 0.667. The normalized spacial score (nSPS) is 24.6. The van der Waals surface area contributed by atoms with E-state index < -0.39 is 0 Å². The maximum Gasteiger partial charge on any atom is 0.128 e. The van der Waals surface area contributed by atoms with Gasteiger partial charge in [0.05, 0.1) is 6.04 Å². The predicted molar refractivity (Wildman–Crippen MR) is 86.7 cm³/mol. The zero-order chi connectivity index (χ0) is 15.3. The summed E-state index contributed by atoms with van der Waals surface area (Å²) in [5.74, 6) is 1.08. The minimum Gasteiger partial charge on any atom is -0.487 e. The van der Waals surface area contributed by atoms with Crippen molar-refractivity contribution in [2.24, 2.45) is 5.73 Å². The fourth-order valence-electron chi connectivity index (χ4n) is 4.03. The van der Waals surface area contributed by atoms with Crippen molar-refractivity contribution in [1.82, 2.24) is 4.90 Å². The average Bonchev–Trinajstić information content (AvgIpc) is 2.89. The van der Waals surface area contributed by atoms with Crippen molar-refractivity contribution in [1.29, 1.82) is 0 Å². The zero-order valence-electron chi connectivity index (χ0n) is 13.8. The number of nitrogens with two attached hydrogens (primary N) is 1. The molecule has 2 heterocycles. The van der Waals surface area contributed by atoms with Gasteiger partial charge in [-0.1, -0.05) is 18.2 Å². The zero-order valence-corrected chi connectivity index (χ0v) is 13.8. The highest BCUT2D eigenvalue weighted by atomic mass is 16.5. The summed E-state index contributed by atoms with van der Waals surface area (Å²) in [6, 6.07) is 6.80. The molecular formula is C18H28N2O. The van der Waals surface area contributed by atoms with E-state index in [-0.39, 0.29) is 17.2 Å². The van der Waals surface area contributed by atoms with E-state index in [0.29, 0.717) is 6.54 Å². The average molecular weight is 288 g/mol. The van der Waals surface area contributed by atoms with Crippen molar-refractivity contribution in [2.75, 3.05) is 13.1 Å². The number of rotatable bonds is 3. The first-order valence-electron chi connectivity index (χ1n) is 8.12. The summed E-state index contributed by atoms with van der Waals surface area (Å²) in [4.78, 5) is 2.57. The van der Waals surface area contributed by atoms with Crippen LogP contribution in [0.25, 0.3) is 0 Å². The van der Waals surface area contributed by atoms with Crippen LogP contribution in [0.15, 0.2) is 18.2 Å². The van der Waals surface area contributed by atoms with Gasteiger partial charge in [-0.3, -0.25) is 4.90 Å². The maximum atomic E-state index is 6.25. The third-order valence-corrected chi connectivity index (χ3v) is 5.05. The first-order valence-corrected chi connectivity index (χ1v) is 8.12. The number of hydrogen-bond acceptors (Lipinski definition) is 3. The van der Waals surface area contributed by atoms with Crippen LogP contribution < -0.4 is 10.5 Å². The second-order valence-corrected chi connectivity index (χ2v) is 7.73. The van der Waals surface area contributed by atoms with E-state index in [1.165, 1.54) is 24.0 Å². The summed E-state index contributed by atoms with van der Waals surface area (Å²) in [6.07, 6.45) is 3.48. The molecule has 0 spiro atoms. The van der Waals surface area contributed by atoms with Gasteiger partial charge in [-0.25, -0.2) is 0 Å². The van der Waals surface area contributed by atoms with Gasteiger partial charge in [-0.05, 0) is 52.6 Å². The van der Waals surface area contributed by atoms with Crippen LogP contribution in [0.2, 0.25) is 0 Å². The van der Waals surface area contributed by atoms with E-state index in [9.17, 15) is 0 Å². The van der Waals surface area contributed by atoms with E-state index in [2.05, 4.69) is 50.8 Å². The Morgan fingerprint density at radius 1 is 1.29 bits per heavy atom. The molecule has 3 nitrogen and oxygen atoms in total. The SMILES string of the molecule is CC1(C)Cc2cccc(C(CN)N3CCCC3(C)C)c2O1. The minimum atomic E-state index is -0.0991. The molecule has 116 valence electrons. The molecule has 0 aromatic heterocycles. The van der Waals surface area contributed by atoms with Crippen LogP contribution in [0, 0.1) is 0 Å². The molecule has 0 bridgehead atoms. The first-order chi connectivity index (χ1) is 9.84. The number of likely N-dealkylation sites (tertiary alicyclic amines) is 1. The molecule has 0 radical (unpaired) electrons. The highest BCUT2D eigenvalue weighted by Gasteiger charge is 2.40. The van der Waals surface area contributed by atoms with Crippen LogP contribution in [0.4, 0.5) is 0 Å². The topological polar surface area (TPSA) is 38.5 Å². The predicted octanol–water partition coefficient (Wildman–Crippen LogP) is 3.27. The number of para-hydroxylation sites is 1. The van der Waals surface area contributed by atoms with Gasteiger partial charge >= 0.3 is 0 Å². The molecule has 1 aromatic carbocycles. The largest absolute Gasteiger partial charge is 0.487 e. The minimum absolute atomic E-state index is 0.0991. The second kappa shape index (κ2) is 4.99. The van der Waals surface area contributed by atoms with E-state index in [4.69, 9.17) is 10.5 Å². The Balaban J connectivity index is 1.99. The highest BCUT2D eigenvalue weighted by molar-refractivity contribution is 5.47. The summed E-state index contributed by atoms with van der Waals surface area (Å²) < 4.78 is 6.25. The molecule has 1 fully saturated rings. The van der Waals surface area contributed by atoms with Gasteiger partial charge in [0.25, 0.3) is 0 Å². The van der Waals surface area contributed by atoms with Gasteiger partial charge in [0.15, 0.2) is 0 Å². The molecule has 0 amide bonds. The summed E-state index contributed by atoms with van der Waals surface area (Å²) >= 11 is 0. The highest BCUT2D eigenvalue weighted by Crippen LogP contribution is 2.44. The Kier molecular flexibility index (Phi) is 3.53. The third-order valence-electron chi connectivity index (χ3n) is 5.05. The van der Waals surface area contributed by atoms with Crippen LogP contribution in [0.5, 0.6) is 5.75 Å². The number of benzene rings is 1. The monoisotopic (exact) mass is 288 g/mol. The molecule has 1 saturated heterocycles. The van der Waals surface area contributed by atoms with Crippen molar-refractivity contribution < 1.29 is 4.74 Å². The lowest BCUT2D eigenvalue weighted by Crippen LogP contribution is -2.43. The van der Waals surface area contributed by atoms with Crippen molar-refractivity contribution in [3.8, 4) is 5.75 Å². The molecule has 1 aromatic rings. The molecule has 2 aliphatic rings. The van der Waals surface area contributed by atoms with Gasteiger partial charge in [0.1, 0.15) is 11.4 Å². The van der Waals surface area contributed by atoms with Crippen molar-refractivity contribution in [3.05, 3.63) is 29.3 Å². The van der Waals surface area contributed by atoms with Gasteiger partial charge in [0, 0.05) is 24.1 Å². The van der Waals surface area contributed by atoms with Crippen LogP contribution in [0.1, 0.15) is 57.7 Å². The van der Waals surface area contributed by atoms with E-state index in [0.717, 1.165) is 18.7 Å². The van der Waals surface area contributed by atoms with Crippen LogP contribution in [0.3, 0.4) is 0 Å². The van der Waals surface area contributed by atoms with Gasteiger partial charge in [0.2, 0.25) is 0 Å². The van der Waals surface area contributed by atoms with Crippen molar-refractivity contribution >= 4 is 0 Å². The van der Waals surface area contributed by atoms with Gasteiger partial charge < -0.3 is 10.5 Å². The lowest BCUT2D eigenvalue weighted by atomic mass is 9.94. The maximum absolute atomic E-state index is 6.25. The molecule has 3 rings (SSSR count). The smallest absolute Gasteiger partial charge is 0.128 e. The summed E-state index contributed by atoms with van der Waals surface area (Å²) in [7, 11) is 0. The number of ether oxygens (including phenoxy) is 1. The molecule has 0 aliphatic carbocycles. The molecule has 2 aliphatic heterocycles. The number of nitrogens with zero attached hydrogens (tertiary/aromatic N) is 1. The van der Waals surface area contributed by atoms with Gasteiger partial charge in [-0.2, -0.15) is 0 Å². The Hall–Kier alpha value is -1.06. The number of fused-ring (bicyclic) bond motifs is 1. The molecule has 21 heavy (non-hydrogen) atoms. The van der Waals surface area contributed by atoms with Crippen molar-refractivity contribution in [2.45, 2.75) is 64.1 Å². The Labute approximate surface area is 128 Å². The third kappa shape index (κ3) is 2.58. The van der Waals surface area contributed by atoms with Gasteiger partial charge in [-0.15, -0.1) is 0 Å². The second-order valence-electron chi connectivity index (χ2n) is 7.73. The lowest BCUT2D eigenvalue weighted by molar-refractivity contribution is 0.107. The quantitative estimate of drug-likeness (QED) is 0.927. The molecule has 3 heteroatoms. The van der Waals surface area contributed by atoms with E-state index in [1.54, 1.807) is 0 Å². The summed E-state index contributed by atoms with van der Waals surface area (Å²) in [5, 5.41) is 0. The molecule has 0 saturated carbocycles. The Morgan fingerprint density at radius 3 is 2.67 bits per heavy atom. The van der Waals surface area contributed by atoms with Crippen LogP contribution >= 0.6 is 0 Å². The summed E-state index contributed by atoms with van der Waals surface area (Å²) in [5.41, 5.74) is 8.89. The Morgan fingerprint density at radius 2 is 2.05 bits per heavy atom. The molecule has 1 unspecified atom stereocenters.